The van der Waals surface area contributed by atoms with Gasteiger partial charge in [-0.25, -0.2) is 18.2 Å². The fourth-order valence-electron chi connectivity index (χ4n) is 5.30. The molecule has 1 N–H and O–H groups in total. The molecule has 0 radical (unpaired) electrons. The summed E-state index contributed by atoms with van der Waals surface area (Å²) in [5.41, 5.74) is 3.06. The number of ether oxygens (including phenoxy) is 1. The molecule has 4 heterocycles. The lowest BCUT2D eigenvalue weighted by Crippen LogP contribution is -2.37. The highest BCUT2D eigenvalue weighted by Gasteiger charge is 2.25. The van der Waals surface area contributed by atoms with E-state index in [1.54, 1.807) is 30.3 Å². The van der Waals surface area contributed by atoms with E-state index in [9.17, 15) is 13.2 Å². The number of fused-ring (bicyclic) bond motifs is 1. The first-order chi connectivity index (χ1) is 19.1. The van der Waals surface area contributed by atoms with Crippen LogP contribution >= 0.6 is 0 Å². The van der Waals surface area contributed by atoms with Gasteiger partial charge >= 0.3 is 0 Å². The van der Waals surface area contributed by atoms with E-state index in [-0.39, 0.29) is 18.5 Å². The molecule has 6 rings (SSSR count). The highest BCUT2D eigenvalue weighted by Crippen LogP contribution is 2.30. The van der Waals surface area contributed by atoms with E-state index in [2.05, 4.69) is 15.2 Å². The van der Waals surface area contributed by atoms with Gasteiger partial charge in [-0.1, -0.05) is 24.3 Å². The minimum absolute atomic E-state index is 0.0515. The van der Waals surface area contributed by atoms with Crippen molar-refractivity contribution in [3.05, 3.63) is 66.0 Å². The molecule has 0 saturated carbocycles. The zero-order chi connectivity index (χ0) is 26.8. The number of nitrogens with zero attached hydrogens (tertiary/aromatic N) is 6. The number of morpholine rings is 1. The second-order valence-corrected chi connectivity index (χ2v) is 9.77. The van der Waals surface area contributed by atoms with Crippen LogP contribution in [-0.2, 0) is 11.3 Å². The summed E-state index contributed by atoms with van der Waals surface area (Å²) >= 11 is 0. The van der Waals surface area contributed by atoms with E-state index in [1.807, 2.05) is 29.2 Å². The standard InChI is InChI=1S/C28H30F3N7O/c29-17-21-4-3-11-37(21)20-9-7-19(8-10-20)18-32-24-16-25(35-28(34-24)36-12-14-39-15-13-36)38-23-6-2-1-5-22(23)33-27(38)26(30)31/h1-2,5-10,16,21,26H,3-4,11-15,17-18H2,(H,32,34,35)/t21-/m0/s1. The van der Waals surface area contributed by atoms with Crippen LogP contribution in [0.15, 0.2) is 54.6 Å². The zero-order valence-electron chi connectivity index (χ0n) is 21.4. The summed E-state index contributed by atoms with van der Waals surface area (Å²) in [7, 11) is 0. The van der Waals surface area contributed by atoms with Crippen LogP contribution in [0.4, 0.5) is 30.6 Å². The number of hydrogen-bond acceptors (Lipinski definition) is 7. The number of nitrogens with one attached hydrogen (secondary N) is 1. The fraction of sp³-hybridized carbons (Fsp3) is 0.393. The van der Waals surface area contributed by atoms with Crippen molar-refractivity contribution in [1.82, 2.24) is 19.5 Å². The first kappa shape index (κ1) is 25.4. The van der Waals surface area contributed by atoms with Crippen molar-refractivity contribution >= 4 is 28.5 Å². The van der Waals surface area contributed by atoms with Crippen LogP contribution in [0.1, 0.15) is 30.7 Å². The second-order valence-electron chi connectivity index (χ2n) is 9.77. The van der Waals surface area contributed by atoms with Crippen molar-refractivity contribution in [1.29, 1.82) is 0 Å². The van der Waals surface area contributed by atoms with Gasteiger partial charge in [-0.15, -0.1) is 0 Å². The molecule has 1 atom stereocenters. The molecule has 2 aliphatic rings. The molecule has 4 aromatic rings. The smallest absolute Gasteiger partial charge is 0.296 e. The van der Waals surface area contributed by atoms with Crippen molar-refractivity contribution in [2.45, 2.75) is 31.9 Å². The molecule has 11 heteroatoms. The summed E-state index contributed by atoms with van der Waals surface area (Å²) in [4.78, 5) is 17.7. The number of imidazole rings is 1. The predicted molar refractivity (Wildman–Crippen MR) is 145 cm³/mol. The average molecular weight is 538 g/mol. The van der Waals surface area contributed by atoms with Gasteiger partial charge in [-0.2, -0.15) is 9.97 Å². The summed E-state index contributed by atoms with van der Waals surface area (Å²) in [6.45, 7) is 3.28. The molecule has 0 spiro atoms. The topological polar surface area (TPSA) is 71.3 Å². The van der Waals surface area contributed by atoms with E-state index >= 15 is 0 Å². The van der Waals surface area contributed by atoms with Crippen molar-refractivity contribution in [3.63, 3.8) is 0 Å². The van der Waals surface area contributed by atoms with Gasteiger partial charge in [-0.3, -0.25) is 4.57 Å². The van der Waals surface area contributed by atoms with E-state index in [0.29, 0.717) is 61.5 Å². The van der Waals surface area contributed by atoms with E-state index in [4.69, 9.17) is 14.7 Å². The Hall–Kier alpha value is -3.86. The maximum absolute atomic E-state index is 14.1. The largest absolute Gasteiger partial charge is 0.378 e. The van der Waals surface area contributed by atoms with Crippen molar-refractivity contribution < 1.29 is 17.9 Å². The Morgan fingerprint density at radius 2 is 1.77 bits per heavy atom. The summed E-state index contributed by atoms with van der Waals surface area (Å²) in [5, 5.41) is 3.34. The lowest BCUT2D eigenvalue weighted by Gasteiger charge is -2.27. The third-order valence-corrected chi connectivity index (χ3v) is 7.30. The van der Waals surface area contributed by atoms with E-state index in [1.165, 1.54) is 4.57 Å². The quantitative estimate of drug-likeness (QED) is 0.334. The van der Waals surface area contributed by atoms with Crippen LogP contribution in [0.25, 0.3) is 16.9 Å². The Bertz CT molecular complexity index is 1420. The first-order valence-corrected chi connectivity index (χ1v) is 13.2. The molecule has 2 aromatic carbocycles. The Kier molecular flexibility index (Phi) is 7.23. The summed E-state index contributed by atoms with van der Waals surface area (Å²) in [6.07, 6.45) is -0.901. The Morgan fingerprint density at radius 3 is 2.54 bits per heavy atom. The molecular weight excluding hydrogens is 507 g/mol. The first-order valence-electron chi connectivity index (χ1n) is 13.2. The number of para-hydroxylation sites is 2. The van der Waals surface area contributed by atoms with E-state index < -0.39 is 6.43 Å². The molecule has 204 valence electrons. The van der Waals surface area contributed by atoms with Gasteiger partial charge in [0.2, 0.25) is 5.95 Å². The second kappa shape index (κ2) is 11.1. The summed E-state index contributed by atoms with van der Waals surface area (Å²) in [6, 6.07) is 16.7. The molecule has 2 aromatic heterocycles. The number of rotatable bonds is 8. The molecule has 0 unspecified atom stereocenters. The predicted octanol–water partition coefficient (Wildman–Crippen LogP) is 5.14. The van der Waals surface area contributed by atoms with Crippen LogP contribution in [-0.4, -0.2) is 65.1 Å². The molecule has 2 saturated heterocycles. The monoisotopic (exact) mass is 537 g/mol. The van der Waals surface area contributed by atoms with Crippen molar-refractivity contribution in [3.8, 4) is 5.82 Å². The number of aromatic nitrogens is 4. The van der Waals surface area contributed by atoms with Crippen LogP contribution < -0.4 is 15.1 Å². The minimum Gasteiger partial charge on any atom is -0.378 e. The van der Waals surface area contributed by atoms with Gasteiger partial charge in [-0.05, 0) is 42.7 Å². The summed E-state index contributed by atoms with van der Waals surface area (Å²) in [5.74, 6) is 0.913. The number of alkyl halides is 3. The molecule has 2 fully saturated rings. The van der Waals surface area contributed by atoms with Crippen LogP contribution in [0.5, 0.6) is 0 Å². The van der Waals surface area contributed by atoms with Gasteiger partial charge < -0.3 is 19.9 Å². The zero-order valence-corrected chi connectivity index (χ0v) is 21.4. The molecule has 8 nitrogen and oxygen atoms in total. The maximum atomic E-state index is 14.1. The third-order valence-electron chi connectivity index (χ3n) is 7.30. The van der Waals surface area contributed by atoms with Gasteiger partial charge in [0.05, 0.1) is 30.3 Å². The number of halogens is 3. The molecule has 39 heavy (non-hydrogen) atoms. The fourth-order valence-corrected chi connectivity index (χ4v) is 5.30. The molecular formula is C28H30F3N7O. The van der Waals surface area contributed by atoms with Gasteiger partial charge in [0, 0.05) is 37.9 Å². The third kappa shape index (κ3) is 5.23. The lowest BCUT2D eigenvalue weighted by molar-refractivity contribution is 0.122. The number of hydrogen-bond donors (Lipinski definition) is 1. The normalized spacial score (nSPS) is 17.9. The maximum Gasteiger partial charge on any atom is 0.296 e. The van der Waals surface area contributed by atoms with Crippen LogP contribution in [0.3, 0.4) is 0 Å². The van der Waals surface area contributed by atoms with Crippen LogP contribution in [0.2, 0.25) is 0 Å². The van der Waals surface area contributed by atoms with Gasteiger partial charge in [0.15, 0.2) is 5.82 Å². The highest BCUT2D eigenvalue weighted by atomic mass is 19.3. The van der Waals surface area contributed by atoms with E-state index in [0.717, 1.165) is 30.6 Å². The minimum atomic E-state index is -2.78. The summed E-state index contributed by atoms with van der Waals surface area (Å²) < 4.78 is 48.4. The molecule has 0 amide bonds. The Labute approximate surface area is 224 Å². The highest BCUT2D eigenvalue weighted by molar-refractivity contribution is 5.78. The Balaban J connectivity index is 1.31. The lowest BCUT2D eigenvalue weighted by atomic mass is 10.1. The average Bonchev–Trinajstić information content (AvgIpc) is 3.62. The van der Waals surface area contributed by atoms with Crippen molar-refractivity contribution in [2.24, 2.45) is 0 Å². The molecule has 0 bridgehead atoms. The van der Waals surface area contributed by atoms with Crippen molar-refractivity contribution in [2.75, 3.05) is 54.6 Å². The Morgan fingerprint density at radius 1 is 0.974 bits per heavy atom. The van der Waals surface area contributed by atoms with Gasteiger partial charge in [0.1, 0.15) is 18.3 Å². The van der Waals surface area contributed by atoms with Gasteiger partial charge in [0.25, 0.3) is 6.43 Å². The van der Waals surface area contributed by atoms with Crippen LogP contribution in [0, 0.1) is 0 Å². The molecule has 0 aliphatic carbocycles. The number of anilines is 3. The number of benzene rings is 2. The SMILES string of the molecule is FC[C@@H]1CCCN1c1ccc(CNc2cc(-n3c(C(F)F)nc4ccccc43)nc(N3CCOCC3)n2)cc1. The molecule has 2 aliphatic heterocycles.